The van der Waals surface area contributed by atoms with E-state index in [0.29, 0.717) is 18.9 Å². The van der Waals surface area contributed by atoms with Crippen molar-refractivity contribution in [3.05, 3.63) is 33.2 Å². The van der Waals surface area contributed by atoms with E-state index >= 15 is 0 Å². The smallest absolute Gasteiger partial charge is 0.254 e. The van der Waals surface area contributed by atoms with E-state index in [1.165, 1.54) is 11.3 Å². The van der Waals surface area contributed by atoms with Crippen molar-refractivity contribution < 1.29 is 4.74 Å². The van der Waals surface area contributed by atoms with E-state index in [9.17, 15) is 4.79 Å². The largest absolute Gasteiger partial charge is 0.383 e. The number of rotatable bonds is 5. The van der Waals surface area contributed by atoms with Gasteiger partial charge < -0.3 is 9.30 Å². The molecule has 1 aromatic heterocycles. The van der Waals surface area contributed by atoms with Gasteiger partial charge in [0.1, 0.15) is 0 Å². The van der Waals surface area contributed by atoms with E-state index in [4.69, 9.17) is 4.74 Å². The number of thiol groups is 1. The van der Waals surface area contributed by atoms with Crippen LogP contribution in [0.2, 0.25) is 0 Å². The Kier molecular flexibility index (Phi) is 5.07. The SMILES string of the molecule is CCN1CCc2c(cc(CS)c(=O)n2CCOC)C1. The van der Waals surface area contributed by atoms with Crippen molar-refractivity contribution in [3.63, 3.8) is 0 Å². The number of methoxy groups -OCH3 is 1. The van der Waals surface area contributed by atoms with Gasteiger partial charge in [-0.2, -0.15) is 12.6 Å². The summed E-state index contributed by atoms with van der Waals surface area (Å²) in [6, 6.07) is 2.04. The highest BCUT2D eigenvalue weighted by Crippen LogP contribution is 2.19. The molecule has 0 saturated carbocycles. The minimum Gasteiger partial charge on any atom is -0.383 e. The van der Waals surface area contributed by atoms with E-state index in [-0.39, 0.29) is 5.56 Å². The summed E-state index contributed by atoms with van der Waals surface area (Å²) in [5.74, 6) is 0.491. The molecule has 2 rings (SSSR count). The van der Waals surface area contributed by atoms with E-state index in [2.05, 4.69) is 24.5 Å². The molecule has 0 atom stereocenters. The summed E-state index contributed by atoms with van der Waals surface area (Å²) in [7, 11) is 1.67. The topological polar surface area (TPSA) is 34.5 Å². The lowest BCUT2D eigenvalue weighted by molar-refractivity contribution is 0.183. The van der Waals surface area contributed by atoms with E-state index < -0.39 is 0 Å². The number of hydrogen-bond donors (Lipinski definition) is 1. The summed E-state index contributed by atoms with van der Waals surface area (Å²) in [6.45, 7) is 6.37. The Morgan fingerprint density at radius 2 is 2.26 bits per heavy atom. The molecule has 0 aliphatic carbocycles. The van der Waals surface area contributed by atoms with Crippen molar-refractivity contribution in [1.29, 1.82) is 0 Å². The molecule has 5 heteroatoms. The van der Waals surface area contributed by atoms with Crippen LogP contribution in [-0.2, 0) is 30.0 Å². The van der Waals surface area contributed by atoms with Gasteiger partial charge in [-0.3, -0.25) is 9.69 Å². The first-order valence-electron chi connectivity index (χ1n) is 6.77. The minimum absolute atomic E-state index is 0.0933. The zero-order valence-electron chi connectivity index (χ0n) is 11.7. The first kappa shape index (κ1) is 14.6. The summed E-state index contributed by atoms with van der Waals surface area (Å²) >= 11 is 4.27. The van der Waals surface area contributed by atoms with Crippen LogP contribution in [0, 0.1) is 0 Å². The van der Waals surface area contributed by atoms with Gasteiger partial charge in [0, 0.05) is 50.2 Å². The maximum absolute atomic E-state index is 12.4. The third-order valence-corrected chi connectivity index (χ3v) is 4.10. The highest BCUT2D eigenvalue weighted by Gasteiger charge is 2.20. The molecular weight excluding hydrogens is 260 g/mol. The van der Waals surface area contributed by atoms with Gasteiger partial charge in [-0.15, -0.1) is 0 Å². The Bertz CT molecular complexity index is 499. The fourth-order valence-electron chi connectivity index (χ4n) is 2.64. The summed E-state index contributed by atoms with van der Waals surface area (Å²) in [6.07, 6.45) is 0.939. The number of aromatic nitrogens is 1. The summed E-state index contributed by atoms with van der Waals surface area (Å²) < 4.78 is 7.00. The number of ether oxygens (including phenoxy) is 1. The van der Waals surface area contributed by atoms with Gasteiger partial charge in [0.05, 0.1) is 6.61 Å². The Hall–Kier alpha value is -0.780. The van der Waals surface area contributed by atoms with Crippen LogP contribution in [0.3, 0.4) is 0 Å². The third-order valence-electron chi connectivity index (χ3n) is 3.76. The zero-order chi connectivity index (χ0) is 13.8. The molecule has 0 spiro atoms. The molecule has 106 valence electrons. The van der Waals surface area contributed by atoms with Crippen LogP contribution in [0.25, 0.3) is 0 Å². The monoisotopic (exact) mass is 282 g/mol. The molecule has 19 heavy (non-hydrogen) atoms. The van der Waals surface area contributed by atoms with Crippen LogP contribution in [-0.4, -0.2) is 36.3 Å². The average molecular weight is 282 g/mol. The van der Waals surface area contributed by atoms with Crippen LogP contribution in [0.4, 0.5) is 0 Å². The molecule has 0 bridgehead atoms. The van der Waals surface area contributed by atoms with E-state index in [1.54, 1.807) is 7.11 Å². The molecule has 0 fully saturated rings. The second-order valence-electron chi connectivity index (χ2n) is 4.87. The molecule has 1 aromatic rings. The molecule has 0 aromatic carbocycles. The molecule has 0 N–H and O–H groups in total. The molecular formula is C14H22N2O2S. The number of hydrogen-bond acceptors (Lipinski definition) is 4. The molecule has 0 amide bonds. The first-order valence-corrected chi connectivity index (χ1v) is 7.41. The first-order chi connectivity index (χ1) is 9.21. The van der Waals surface area contributed by atoms with Gasteiger partial charge in [-0.05, 0) is 18.2 Å². The Labute approximate surface area is 119 Å². The number of fused-ring (bicyclic) bond motifs is 1. The highest BCUT2D eigenvalue weighted by molar-refractivity contribution is 7.79. The van der Waals surface area contributed by atoms with Gasteiger partial charge in [-0.25, -0.2) is 0 Å². The predicted molar refractivity (Wildman–Crippen MR) is 79.9 cm³/mol. The lowest BCUT2D eigenvalue weighted by Gasteiger charge is -2.30. The lowest BCUT2D eigenvalue weighted by atomic mass is 10.0. The number of pyridine rings is 1. The summed E-state index contributed by atoms with van der Waals surface area (Å²) in [5, 5.41) is 0. The fourth-order valence-corrected chi connectivity index (χ4v) is 2.87. The molecule has 1 aliphatic rings. The minimum atomic E-state index is 0.0933. The van der Waals surface area contributed by atoms with Crippen LogP contribution in [0.1, 0.15) is 23.7 Å². The highest BCUT2D eigenvalue weighted by atomic mass is 32.1. The van der Waals surface area contributed by atoms with Crippen molar-refractivity contribution in [2.75, 3.05) is 26.8 Å². The maximum atomic E-state index is 12.4. The van der Waals surface area contributed by atoms with Crippen molar-refractivity contribution in [2.24, 2.45) is 0 Å². The second kappa shape index (κ2) is 6.59. The fraction of sp³-hybridized carbons (Fsp3) is 0.643. The van der Waals surface area contributed by atoms with Gasteiger partial charge in [0.25, 0.3) is 5.56 Å². The Morgan fingerprint density at radius 3 is 2.89 bits per heavy atom. The third kappa shape index (κ3) is 3.04. The normalized spacial score (nSPS) is 15.5. The van der Waals surface area contributed by atoms with E-state index in [0.717, 1.165) is 31.6 Å². The number of nitrogens with zero attached hydrogens (tertiary/aromatic N) is 2. The molecule has 0 unspecified atom stereocenters. The molecule has 1 aliphatic heterocycles. The Balaban J connectivity index is 2.43. The van der Waals surface area contributed by atoms with Crippen molar-refractivity contribution in [2.45, 2.75) is 32.2 Å². The molecule has 4 nitrogen and oxygen atoms in total. The van der Waals surface area contributed by atoms with E-state index in [1.807, 2.05) is 10.6 Å². The lowest BCUT2D eigenvalue weighted by Crippen LogP contribution is -2.37. The molecule has 0 saturated heterocycles. The van der Waals surface area contributed by atoms with Crippen molar-refractivity contribution >= 4 is 12.6 Å². The quantitative estimate of drug-likeness (QED) is 0.827. The summed E-state index contributed by atoms with van der Waals surface area (Å²) in [5.41, 5.74) is 3.33. The van der Waals surface area contributed by atoms with Crippen molar-refractivity contribution in [1.82, 2.24) is 9.47 Å². The van der Waals surface area contributed by atoms with Gasteiger partial charge in [0.2, 0.25) is 0 Å². The van der Waals surface area contributed by atoms with Crippen LogP contribution in [0.5, 0.6) is 0 Å². The zero-order valence-corrected chi connectivity index (χ0v) is 12.6. The van der Waals surface area contributed by atoms with Gasteiger partial charge >= 0.3 is 0 Å². The second-order valence-corrected chi connectivity index (χ2v) is 5.18. The van der Waals surface area contributed by atoms with Gasteiger partial charge in [0.15, 0.2) is 0 Å². The summed E-state index contributed by atoms with van der Waals surface area (Å²) in [4.78, 5) is 14.8. The van der Waals surface area contributed by atoms with Crippen LogP contribution < -0.4 is 5.56 Å². The number of likely N-dealkylation sites (N-methyl/N-ethyl adjacent to an activating group) is 1. The Morgan fingerprint density at radius 1 is 1.47 bits per heavy atom. The molecule has 0 radical (unpaired) electrons. The van der Waals surface area contributed by atoms with Crippen molar-refractivity contribution in [3.8, 4) is 0 Å². The standard InChI is InChI=1S/C14H22N2O2S/c1-3-15-5-4-13-11(9-15)8-12(10-19)14(17)16(13)6-7-18-2/h8,19H,3-7,9-10H2,1-2H3. The average Bonchev–Trinajstić information content (AvgIpc) is 2.45. The van der Waals surface area contributed by atoms with Crippen LogP contribution in [0.15, 0.2) is 10.9 Å². The van der Waals surface area contributed by atoms with Gasteiger partial charge in [-0.1, -0.05) is 6.92 Å². The maximum Gasteiger partial charge on any atom is 0.254 e. The van der Waals surface area contributed by atoms with Crippen LogP contribution >= 0.6 is 12.6 Å². The molecule has 2 heterocycles. The predicted octanol–water partition coefficient (Wildman–Crippen LogP) is 1.30.